The number of alkyl halides is 3. The number of hydrogen-bond donors (Lipinski definition) is 0. The standard InChI is InChI=1S/C20H29F3O7S.C18H32O6.C18H15S.C15H28O2.C13H18O5/c1-4-17(2,3)15(24)30-19-8-12-5-13(9-19)7-18(6-12,11-19)16(25)29-14(20(21,22)23)10-31(26,27)28;1-7-18(5,6)16(19)24-13-9-22-14-12(8-21-15(13)14)23-11-20-10-17(2,3)4;1-4-10-16(11-5-1)19(17-12-6-2-7-13-17)18-14-8-3-9-15-18;1-7-14(5,6)13(16)17-15(8-2)11(3)9-10-12(15)4;1-4-13(2,3)12(15)18-9-7-5-6-8(16-7)10(9)17-11(6)14/h12-14H,4-11H2,1-3H3,(H,26,27,28);12-15H,7-11H2,1-6H3;1-15H;11-12H,7-10H2,1-6H3;6-10H,4-5H2,1-3H3/q;;+1;;/p-1. The maximum Gasteiger partial charge on any atom is 0.426 e. The normalized spacial score (nSPS) is 30.2. The molecule has 5 saturated heterocycles. The summed E-state index contributed by atoms with van der Waals surface area (Å²) in [5, 5.41) is 0. The van der Waals surface area contributed by atoms with E-state index in [0.29, 0.717) is 76.6 Å². The predicted molar refractivity (Wildman–Crippen MR) is 402 cm³/mol. The number of carbonyl (C=O) groups excluding carboxylic acids is 6. The van der Waals surface area contributed by atoms with Crippen molar-refractivity contribution in [2.45, 2.75) is 302 Å². The summed E-state index contributed by atoms with van der Waals surface area (Å²) in [7, 11) is -5.29. The SMILES string of the molecule is CCC(C)(C)C(=O)OC1(CC)C(C)CCC1C.CCC(C)(C)C(=O)OC12CC3CC(C1)CC(C(=O)OC(CS(=O)(=O)[O-])C(F)(F)F)(C3)C2.CCC(C)(C)C(=O)OC1C2CC3C(=O)OC1C3O2.CCC(C)(C)C(=O)OC1COC2C(OCOCC(C)(C)C)COC12.c1ccc([S+](c2ccccc2)c2ccccc2)cc1. The first-order chi connectivity index (χ1) is 50.8. The number of fused-ring (bicyclic) bond motifs is 2. The smallest absolute Gasteiger partial charge is 0.426 e. The minimum absolute atomic E-state index is 0.00100. The molecule has 25 heteroatoms. The summed E-state index contributed by atoms with van der Waals surface area (Å²) in [5.74, 6) is -3.30. The molecule has 610 valence electrons. The lowest BCUT2D eigenvalue weighted by Crippen LogP contribution is -2.61. The summed E-state index contributed by atoms with van der Waals surface area (Å²) in [6, 6.07) is 32.2. The van der Waals surface area contributed by atoms with Crippen molar-refractivity contribution in [3.05, 3.63) is 91.0 Å². The molecule has 10 fully saturated rings. The molecule has 5 saturated carbocycles. The Hall–Kier alpha value is -5.67. The van der Waals surface area contributed by atoms with E-state index in [1.54, 1.807) is 13.8 Å². The van der Waals surface area contributed by atoms with Crippen LogP contribution >= 0.6 is 0 Å². The lowest BCUT2D eigenvalue weighted by molar-refractivity contribution is -0.239. The average molecular weight is 1570 g/mol. The molecular weight excluding hydrogens is 1450 g/mol. The Bertz CT molecular complexity index is 3540. The molecule has 13 rings (SSSR count). The Labute approximate surface area is 647 Å². The maximum atomic E-state index is 13.3. The molecule has 6 bridgehead atoms. The maximum absolute atomic E-state index is 13.3. The molecule has 3 aromatic carbocycles. The van der Waals surface area contributed by atoms with Crippen LogP contribution in [-0.2, 0) is 102 Å². The molecule has 10 aliphatic rings. The third kappa shape index (κ3) is 21.8. The van der Waals surface area contributed by atoms with E-state index < -0.39 is 79.6 Å². The van der Waals surface area contributed by atoms with Crippen molar-refractivity contribution in [3.8, 4) is 0 Å². The van der Waals surface area contributed by atoms with E-state index in [9.17, 15) is 54.9 Å². The molecule has 5 aliphatic heterocycles. The second-order valence-corrected chi connectivity index (χ2v) is 38.7. The second kappa shape index (κ2) is 35.8. The zero-order valence-electron chi connectivity index (χ0n) is 67.3. The van der Waals surface area contributed by atoms with Gasteiger partial charge in [0.2, 0.25) is 6.10 Å². The predicted octanol–water partition coefficient (Wildman–Crippen LogP) is 15.9. The third-order valence-electron chi connectivity index (χ3n) is 24.1. The Kier molecular flexibility index (Phi) is 29.2. The fourth-order valence-electron chi connectivity index (χ4n) is 16.0. The van der Waals surface area contributed by atoms with Crippen LogP contribution in [0.15, 0.2) is 106 Å². The van der Waals surface area contributed by atoms with Crippen LogP contribution in [0.1, 0.15) is 215 Å². The van der Waals surface area contributed by atoms with E-state index in [1.165, 1.54) is 27.5 Å². The van der Waals surface area contributed by atoms with Gasteiger partial charge in [-0.2, -0.15) is 13.2 Å². The van der Waals surface area contributed by atoms with Gasteiger partial charge in [-0.15, -0.1) is 0 Å². The van der Waals surface area contributed by atoms with Crippen molar-refractivity contribution in [3.63, 3.8) is 0 Å². The molecule has 0 amide bonds. The minimum atomic E-state index is -5.27. The molecule has 20 nitrogen and oxygen atoms in total. The number of rotatable bonds is 24. The zero-order chi connectivity index (χ0) is 80.7. The quantitative estimate of drug-likeness (QED) is 0.0201. The van der Waals surface area contributed by atoms with Gasteiger partial charge in [0.05, 0.1) is 85.7 Å². The largest absolute Gasteiger partial charge is 0.748 e. The molecule has 5 heterocycles. The number of hydrogen-bond acceptors (Lipinski definition) is 20. The van der Waals surface area contributed by atoms with E-state index in [1.807, 2.05) is 69.2 Å². The zero-order valence-corrected chi connectivity index (χ0v) is 68.9. The highest BCUT2D eigenvalue weighted by atomic mass is 32.2. The van der Waals surface area contributed by atoms with Crippen molar-refractivity contribution >= 4 is 56.8 Å². The number of benzene rings is 3. The third-order valence-corrected chi connectivity index (χ3v) is 27.0. The summed E-state index contributed by atoms with van der Waals surface area (Å²) < 4.78 is 134. The van der Waals surface area contributed by atoms with Gasteiger partial charge in [-0.05, 0) is 204 Å². The summed E-state index contributed by atoms with van der Waals surface area (Å²) in [5.41, 5.74) is -4.43. The first kappa shape index (κ1) is 88.9. The van der Waals surface area contributed by atoms with E-state index in [-0.39, 0.29) is 119 Å². The molecular formula is C84H121F3O20S2. The van der Waals surface area contributed by atoms with Crippen LogP contribution in [-0.4, -0.2) is 153 Å². The lowest BCUT2D eigenvalue weighted by Gasteiger charge is -2.60. The molecule has 14 atom stereocenters. The Balaban J connectivity index is 0.000000175. The highest BCUT2D eigenvalue weighted by molar-refractivity contribution is 7.97. The minimum Gasteiger partial charge on any atom is -0.748 e. The summed E-state index contributed by atoms with van der Waals surface area (Å²) >= 11 is 0. The van der Waals surface area contributed by atoms with Crippen molar-refractivity contribution in [2.24, 2.45) is 62.1 Å². The number of halogens is 3. The average Bonchev–Trinajstić information content (AvgIpc) is 1.71. The Morgan fingerprint density at radius 1 is 0.596 bits per heavy atom. The van der Waals surface area contributed by atoms with E-state index in [0.717, 1.165) is 25.7 Å². The molecule has 3 aromatic rings. The second-order valence-electron chi connectivity index (χ2n) is 35.3. The van der Waals surface area contributed by atoms with Gasteiger partial charge < -0.3 is 56.7 Å². The topological polar surface area (TPSA) is 261 Å². The van der Waals surface area contributed by atoms with Crippen molar-refractivity contribution < 1.29 is 107 Å². The Morgan fingerprint density at radius 2 is 1.05 bits per heavy atom. The van der Waals surface area contributed by atoms with Crippen molar-refractivity contribution in [1.29, 1.82) is 0 Å². The molecule has 0 spiro atoms. The van der Waals surface area contributed by atoms with E-state index in [4.69, 9.17) is 47.4 Å². The molecule has 109 heavy (non-hydrogen) atoms. The van der Waals surface area contributed by atoms with Crippen LogP contribution < -0.4 is 0 Å². The molecule has 0 radical (unpaired) electrons. The van der Waals surface area contributed by atoms with Crippen LogP contribution in [0.3, 0.4) is 0 Å². The number of esters is 6. The molecule has 0 aromatic heterocycles. The Morgan fingerprint density at radius 3 is 1.50 bits per heavy atom. The monoisotopic (exact) mass is 1570 g/mol. The van der Waals surface area contributed by atoms with E-state index in [2.05, 4.69) is 137 Å². The van der Waals surface area contributed by atoms with Gasteiger partial charge in [0.15, 0.2) is 33.0 Å². The summed E-state index contributed by atoms with van der Waals surface area (Å²) in [6.45, 7) is 37.3. The van der Waals surface area contributed by atoms with Crippen molar-refractivity contribution in [2.75, 3.05) is 32.4 Å². The molecule has 5 aliphatic carbocycles. The highest BCUT2D eigenvalue weighted by Crippen LogP contribution is 2.64. The van der Waals surface area contributed by atoms with Crippen LogP contribution in [0.5, 0.6) is 0 Å². The summed E-state index contributed by atoms with van der Waals surface area (Å²) in [6.07, 6.45) is -1.17. The van der Waals surface area contributed by atoms with Gasteiger partial charge >= 0.3 is 42.0 Å². The van der Waals surface area contributed by atoms with Gasteiger partial charge in [0.1, 0.15) is 42.4 Å². The van der Waals surface area contributed by atoms with Crippen molar-refractivity contribution in [1.82, 2.24) is 0 Å². The van der Waals surface area contributed by atoms with Crippen LogP contribution in [0.2, 0.25) is 0 Å². The first-order valence-electron chi connectivity index (χ1n) is 39.1. The van der Waals surface area contributed by atoms with Gasteiger partial charge in [-0.25, -0.2) is 8.42 Å². The van der Waals surface area contributed by atoms with Gasteiger partial charge in [0, 0.05) is 6.42 Å². The van der Waals surface area contributed by atoms with Gasteiger partial charge in [-0.3, -0.25) is 28.8 Å². The fraction of sp³-hybridized carbons (Fsp3) is 0.714. The van der Waals surface area contributed by atoms with Crippen LogP contribution in [0, 0.1) is 62.1 Å². The van der Waals surface area contributed by atoms with Gasteiger partial charge in [-0.1, -0.05) is 124 Å². The van der Waals surface area contributed by atoms with Crippen LogP contribution in [0.4, 0.5) is 13.2 Å². The summed E-state index contributed by atoms with van der Waals surface area (Å²) in [4.78, 5) is 77.9. The highest BCUT2D eigenvalue weighted by Gasteiger charge is 2.67. The number of ether oxygens (including phenoxy) is 11. The van der Waals surface area contributed by atoms with Crippen LogP contribution in [0.25, 0.3) is 0 Å². The molecule has 14 unspecified atom stereocenters. The first-order valence-corrected chi connectivity index (χ1v) is 41.9. The molecule has 0 N–H and O–H groups in total. The number of carbonyl (C=O) groups is 6. The van der Waals surface area contributed by atoms with Gasteiger partial charge in [0.25, 0.3) is 0 Å². The fourth-order valence-corrected chi connectivity index (χ4v) is 18.8. The lowest BCUT2D eigenvalue weighted by atomic mass is 9.48. The van der Waals surface area contributed by atoms with E-state index >= 15 is 0 Å².